The van der Waals surface area contributed by atoms with Crippen molar-refractivity contribution in [1.29, 1.82) is 0 Å². The number of aliphatic hydroxyl groups is 3. The molecule has 460 valence electrons. The summed E-state index contributed by atoms with van der Waals surface area (Å²) in [7, 11) is 3.60. The van der Waals surface area contributed by atoms with E-state index in [2.05, 4.69) is 90.9 Å². The minimum Gasteiger partial charge on any atom is -0.478 e. The number of nitrogens with two attached hydrogens (primary N) is 3. The number of benzene rings is 3. The van der Waals surface area contributed by atoms with Gasteiger partial charge in [0, 0.05) is 90.0 Å². The Kier molecular flexibility index (Phi) is 19.7. The standard InChI is InChI=1S/C26H32N8O3.C15H22N8O.C11H12O3.C10H11BrO/c1-16-20(31-25(37)17-5-7-18(8-6-17)26(15-35)9-10-26)4-3-11-34(16)21-13-28-22(23(27)36)24(32-21)30-19-12-29-33(2)14-19;1-9-11(16)4-3-5-23(9)12-7-18-13(14(17)24)15(21-12)20-10-6-19-22(2)8-10;12-7-11(5-6-11)9-3-1-8(2-4-9)10(13)14;11-9-3-1-8(2-4-9)10(7-12)5-6-10/h5-8,12-14,16,20,35H,3-4,9-11,15H2,1-2H3,(H2,27,36)(H,30,32)(H,31,37);6-9,11H,3-5,16H2,1-2H3,(H2,17,24)(H,20,21);1-4,12H,5-7H2,(H,13,14);1-4,12H,5-7H2/t16-,20-;9-,11-;;/m11../s1. The molecule has 7 aromatic rings. The molecule has 3 aromatic carbocycles. The topological polar surface area (TPSA) is 357 Å². The second kappa shape index (κ2) is 27.1. The second-order valence-electron chi connectivity index (χ2n) is 23.3. The Bertz CT molecular complexity index is 3530. The Morgan fingerprint density at radius 1 is 0.598 bits per heavy atom. The maximum Gasteiger partial charge on any atom is 0.335 e. The minimum absolute atomic E-state index is 0.0414. The van der Waals surface area contributed by atoms with Crippen LogP contribution in [0, 0.1) is 0 Å². The van der Waals surface area contributed by atoms with Gasteiger partial charge >= 0.3 is 5.97 Å². The number of nitrogens with one attached hydrogen (secondary N) is 3. The van der Waals surface area contributed by atoms with E-state index in [0.717, 1.165) is 92.9 Å². The van der Waals surface area contributed by atoms with Gasteiger partial charge in [0.1, 0.15) is 11.6 Å². The van der Waals surface area contributed by atoms with Gasteiger partial charge in [-0.15, -0.1) is 0 Å². The Morgan fingerprint density at radius 3 is 1.38 bits per heavy atom. The van der Waals surface area contributed by atoms with E-state index in [0.29, 0.717) is 40.0 Å². The largest absolute Gasteiger partial charge is 0.478 e. The number of amides is 3. The van der Waals surface area contributed by atoms with Crippen molar-refractivity contribution in [2.45, 2.75) is 118 Å². The maximum atomic E-state index is 13.1. The predicted octanol–water partition coefficient (Wildman–Crippen LogP) is 6.11. The number of piperidine rings is 2. The third-order valence-corrected chi connectivity index (χ3v) is 17.8. The molecular weight excluding hydrogens is 1180 g/mol. The van der Waals surface area contributed by atoms with Gasteiger partial charge in [-0.3, -0.25) is 23.7 Å². The number of carboxylic acid groups (broad SMARTS) is 1. The lowest BCUT2D eigenvalue weighted by Crippen LogP contribution is -2.54. The Balaban J connectivity index is 0.000000153. The highest BCUT2D eigenvalue weighted by atomic mass is 79.9. The maximum absolute atomic E-state index is 13.1. The quantitative estimate of drug-likeness (QED) is 0.0491. The van der Waals surface area contributed by atoms with Crippen molar-refractivity contribution in [3.05, 3.63) is 154 Å². The SMILES string of the molecule is C[C@@H]1[C@H](N)CCCN1c1cnc(C(N)=O)c(Nc2cnn(C)c2)n1.C[C@@H]1[C@H](NC(=O)c2ccc(C3(CO)CC3)cc2)CCCN1c1cnc(C(N)=O)c(Nc2cnn(C)c2)n1.O=C(O)c1ccc(C2(CO)CC2)cc1.OCC1(c2ccc(Br)cc2)CC1. The van der Waals surface area contributed by atoms with Crippen LogP contribution in [0.15, 0.2) is 114 Å². The lowest BCUT2D eigenvalue weighted by molar-refractivity contribution is 0.0696. The normalized spacial score (nSPS) is 19.9. The number of halogens is 1. The van der Waals surface area contributed by atoms with E-state index in [1.54, 1.807) is 84.9 Å². The van der Waals surface area contributed by atoms with Crippen molar-refractivity contribution in [2.75, 3.05) is 53.3 Å². The summed E-state index contributed by atoms with van der Waals surface area (Å²) in [5, 5.41) is 54.2. The van der Waals surface area contributed by atoms with Gasteiger partial charge in [0.15, 0.2) is 23.0 Å². The predicted molar refractivity (Wildman–Crippen MR) is 333 cm³/mol. The molecule has 3 saturated carbocycles. The van der Waals surface area contributed by atoms with Gasteiger partial charge in [-0.1, -0.05) is 52.3 Å². The monoisotopic (exact) mass is 1250 g/mol. The van der Waals surface area contributed by atoms with E-state index in [-0.39, 0.29) is 83.3 Å². The van der Waals surface area contributed by atoms with Gasteiger partial charge in [0.25, 0.3) is 17.7 Å². The van der Waals surface area contributed by atoms with Gasteiger partial charge in [-0.05, 0) is 131 Å². The molecule has 25 heteroatoms. The van der Waals surface area contributed by atoms with Crippen LogP contribution in [-0.4, -0.2) is 141 Å². The molecule has 3 aliphatic carbocycles. The smallest absolute Gasteiger partial charge is 0.335 e. The Hall–Kier alpha value is -8.36. The van der Waals surface area contributed by atoms with E-state index in [1.165, 1.54) is 5.56 Å². The van der Waals surface area contributed by atoms with E-state index >= 15 is 0 Å². The third-order valence-electron chi connectivity index (χ3n) is 17.3. The highest BCUT2D eigenvalue weighted by Crippen LogP contribution is 2.49. The summed E-state index contributed by atoms with van der Waals surface area (Å²) in [5.41, 5.74) is 22.8. The van der Waals surface area contributed by atoms with Gasteiger partial charge < -0.3 is 63.4 Å². The number of primary amides is 2. The number of carbonyl (C=O) groups is 4. The molecular formula is C62H77BrN16O8. The van der Waals surface area contributed by atoms with Crippen LogP contribution in [0.4, 0.5) is 34.6 Å². The third kappa shape index (κ3) is 15.1. The van der Waals surface area contributed by atoms with Crippen LogP contribution in [0.3, 0.4) is 0 Å². The first-order valence-electron chi connectivity index (χ1n) is 29.2. The molecule has 87 heavy (non-hydrogen) atoms. The summed E-state index contributed by atoms with van der Waals surface area (Å²) < 4.78 is 4.38. The summed E-state index contributed by atoms with van der Waals surface area (Å²) in [6, 6.07) is 22.7. The number of rotatable bonds is 17. The number of hydrogen-bond acceptors (Lipinski definition) is 18. The number of nitrogens with zero attached hydrogens (tertiary/aromatic N) is 10. The first-order chi connectivity index (χ1) is 41.7. The molecule has 0 spiro atoms. The lowest BCUT2D eigenvalue weighted by Gasteiger charge is -2.40. The molecule has 2 aliphatic heterocycles. The van der Waals surface area contributed by atoms with Crippen molar-refractivity contribution in [1.82, 2.24) is 44.8 Å². The molecule has 0 unspecified atom stereocenters. The van der Waals surface area contributed by atoms with E-state index < -0.39 is 17.8 Å². The fourth-order valence-corrected chi connectivity index (χ4v) is 11.3. The number of carbonyl (C=O) groups excluding carboxylic acids is 3. The molecule has 0 bridgehead atoms. The number of aryl methyl sites for hydroxylation is 2. The van der Waals surface area contributed by atoms with Gasteiger partial charge in [0.2, 0.25) is 0 Å². The molecule has 12 rings (SSSR count). The van der Waals surface area contributed by atoms with Crippen molar-refractivity contribution >= 4 is 74.3 Å². The summed E-state index contributed by atoms with van der Waals surface area (Å²) >= 11 is 3.39. The van der Waals surface area contributed by atoms with Crippen LogP contribution in [0.1, 0.15) is 136 Å². The Labute approximate surface area is 513 Å². The van der Waals surface area contributed by atoms with Crippen LogP contribution >= 0.6 is 15.9 Å². The fraction of sp³-hybridized carbons (Fsp3) is 0.419. The van der Waals surface area contributed by atoms with Crippen LogP contribution < -0.4 is 43.0 Å². The number of anilines is 6. The lowest BCUT2D eigenvalue weighted by atomic mass is 9.95. The first-order valence-corrected chi connectivity index (χ1v) is 30.0. The number of aromatic carboxylic acids is 1. The summed E-state index contributed by atoms with van der Waals surface area (Å²) in [5.74, 6) is -0.519. The zero-order valence-corrected chi connectivity index (χ0v) is 50.9. The van der Waals surface area contributed by atoms with E-state index in [4.69, 9.17) is 27.4 Å². The zero-order chi connectivity index (χ0) is 62.2. The highest BCUT2D eigenvalue weighted by Gasteiger charge is 2.45. The molecule has 5 aliphatic rings. The molecule has 5 fully saturated rings. The Morgan fingerprint density at radius 2 is 1.00 bits per heavy atom. The van der Waals surface area contributed by atoms with Gasteiger partial charge in [0.05, 0.1) is 61.5 Å². The van der Waals surface area contributed by atoms with Crippen molar-refractivity contribution in [3.63, 3.8) is 0 Å². The van der Waals surface area contributed by atoms with Crippen LogP contribution in [-0.2, 0) is 30.3 Å². The molecule has 13 N–H and O–H groups in total. The summed E-state index contributed by atoms with van der Waals surface area (Å²) in [6.07, 6.45) is 19.8. The highest BCUT2D eigenvalue weighted by molar-refractivity contribution is 9.10. The van der Waals surface area contributed by atoms with Crippen molar-refractivity contribution in [2.24, 2.45) is 31.3 Å². The fourth-order valence-electron chi connectivity index (χ4n) is 11.0. The minimum atomic E-state index is -0.912. The van der Waals surface area contributed by atoms with Crippen LogP contribution in [0.5, 0.6) is 0 Å². The van der Waals surface area contributed by atoms with Gasteiger partial charge in [-0.25, -0.2) is 24.7 Å². The molecule has 24 nitrogen and oxygen atoms in total. The summed E-state index contributed by atoms with van der Waals surface area (Å²) in [6.45, 7) is 6.28. The number of aromatic nitrogens is 8. The zero-order valence-electron chi connectivity index (χ0n) is 49.3. The average molecular weight is 1250 g/mol. The molecule has 4 aromatic heterocycles. The number of hydrogen-bond donors (Lipinski definition) is 10. The molecule has 4 atom stereocenters. The molecule has 0 radical (unpaired) electrons. The summed E-state index contributed by atoms with van der Waals surface area (Å²) in [4.78, 5) is 69.2. The second-order valence-corrected chi connectivity index (χ2v) is 24.2. The van der Waals surface area contributed by atoms with Crippen LogP contribution in [0.25, 0.3) is 0 Å². The number of carboxylic acids is 1. The van der Waals surface area contributed by atoms with Gasteiger partial charge in [-0.2, -0.15) is 10.2 Å². The van der Waals surface area contributed by atoms with Crippen LogP contribution in [0.2, 0.25) is 0 Å². The van der Waals surface area contributed by atoms with Crippen molar-refractivity contribution in [3.8, 4) is 0 Å². The molecule has 6 heterocycles. The average Bonchev–Trinajstić information content (AvgIpc) is 2.15. The van der Waals surface area contributed by atoms with Crippen molar-refractivity contribution < 1.29 is 39.6 Å². The molecule has 2 saturated heterocycles. The van der Waals surface area contributed by atoms with E-state index in [1.807, 2.05) is 43.3 Å². The number of aliphatic hydroxyl groups excluding tert-OH is 3. The molecule has 3 amide bonds. The van der Waals surface area contributed by atoms with E-state index in [9.17, 15) is 29.4 Å². The first kappa shape index (κ1) is 63.2.